The standard InChI is InChI=1S/C26H18Cl2F3NO7/c1-37-23-16(11-17(27)24(38-2)19(23)28)21(34)18-20(12-3-7-14(33)8-4-12)32(25(36)22(18)35)13-5-9-15(10-6-13)39-26(29,30)31/h3-11,20,33-34H,1-2H3/b21-18+. The van der Waals surface area contributed by atoms with Crippen molar-refractivity contribution in [2.75, 3.05) is 19.1 Å². The van der Waals surface area contributed by atoms with Crippen LogP contribution in [0.4, 0.5) is 18.9 Å². The van der Waals surface area contributed by atoms with Gasteiger partial charge in [0.15, 0.2) is 11.5 Å². The molecule has 0 saturated carbocycles. The number of aliphatic hydroxyl groups excluding tert-OH is 1. The van der Waals surface area contributed by atoms with E-state index in [-0.39, 0.29) is 44.1 Å². The number of methoxy groups -OCH3 is 2. The van der Waals surface area contributed by atoms with Gasteiger partial charge in [0, 0.05) is 5.69 Å². The van der Waals surface area contributed by atoms with E-state index in [1.807, 2.05) is 0 Å². The van der Waals surface area contributed by atoms with Crippen molar-refractivity contribution in [1.82, 2.24) is 0 Å². The maximum atomic E-state index is 13.3. The molecule has 1 heterocycles. The molecular weight excluding hydrogens is 566 g/mol. The van der Waals surface area contributed by atoms with Crippen LogP contribution >= 0.6 is 23.2 Å². The zero-order chi connectivity index (χ0) is 28.6. The average Bonchev–Trinajstić information content (AvgIpc) is 3.14. The van der Waals surface area contributed by atoms with Crippen LogP contribution in [-0.2, 0) is 9.59 Å². The van der Waals surface area contributed by atoms with Crippen molar-refractivity contribution in [3.8, 4) is 23.0 Å². The molecule has 1 aliphatic heterocycles. The quantitative estimate of drug-likeness (QED) is 0.201. The van der Waals surface area contributed by atoms with Crippen molar-refractivity contribution in [3.05, 3.63) is 81.3 Å². The van der Waals surface area contributed by atoms with Crippen molar-refractivity contribution in [1.29, 1.82) is 0 Å². The van der Waals surface area contributed by atoms with Gasteiger partial charge < -0.3 is 24.4 Å². The first kappa shape index (κ1) is 27.9. The molecule has 1 aliphatic rings. The number of carbonyl (C=O) groups is 2. The number of anilines is 1. The molecular formula is C26H18Cl2F3NO7. The lowest BCUT2D eigenvalue weighted by atomic mass is 9.94. The van der Waals surface area contributed by atoms with Crippen molar-refractivity contribution >= 4 is 46.3 Å². The first-order chi connectivity index (χ1) is 18.4. The molecule has 1 amide bonds. The first-order valence-corrected chi connectivity index (χ1v) is 11.7. The number of ether oxygens (including phenoxy) is 3. The number of carbonyl (C=O) groups excluding carboxylic acids is 2. The number of amides is 1. The molecule has 3 aromatic carbocycles. The highest BCUT2D eigenvalue weighted by Gasteiger charge is 2.47. The summed E-state index contributed by atoms with van der Waals surface area (Å²) in [5.74, 6) is -3.58. The number of halogens is 5. The molecule has 1 saturated heterocycles. The van der Waals surface area contributed by atoms with E-state index >= 15 is 0 Å². The largest absolute Gasteiger partial charge is 0.573 e. The Kier molecular flexibility index (Phi) is 7.58. The van der Waals surface area contributed by atoms with Crippen molar-refractivity contribution in [2.24, 2.45) is 0 Å². The second kappa shape index (κ2) is 10.6. The van der Waals surface area contributed by atoms with Gasteiger partial charge in [-0.25, -0.2) is 0 Å². The lowest BCUT2D eigenvalue weighted by Gasteiger charge is -2.26. The lowest BCUT2D eigenvalue weighted by Crippen LogP contribution is -2.29. The molecule has 39 heavy (non-hydrogen) atoms. The minimum absolute atomic E-state index is 0.0273. The van der Waals surface area contributed by atoms with Crippen LogP contribution in [-0.4, -0.2) is 42.5 Å². The number of aliphatic hydroxyl groups is 1. The molecule has 4 rings (SSSR count). The van der Waals surface area contributed by atoms with Crippen LogP contribution in [0.2, 0.25) is 10.0 Å². The van der Waals surface area contributed by atoms with Crippen molar-refractivity contribution in [2.45, 2.75) is 12.4 Å². The van der Waals surface area contributed by atoms with Gasteiger partial charge in [-0.1, -0.05) is 35.3 Å². The third-order valence-electron chi connectivity index (χ3n) is 5.80. The number of phenols is 1. The Morgan fingerprint density at radius 2 is 1.54 bits per heavy atom. The lowest BCUT2D eigenvalue weighted by molar-refractivity contribution is -0.274. The number of hydrogen-bond acceptors (Lipinski definition) is 7. The van der Waals surface area contributed by atoms with Crippen LogP contribution in [0.15, 0.2) is 60.2 Å². The van der Waals surface area contributed by atoms with Crippen molar-refractivity contribution < 1.29 is 47.2 Å². The van der Waals surface area contributed by atoms with Crippen LogP contribution in [0.25, 0.3) is 5.76 Å². The SMILES string of the molecule is COc1c(Cl)cc(/C(O)=C2\C(=O)C(=O)N(c3ccc(OC(F)(F)F)cc3)C2c2ccc(O)cc2)c(OC)c1Cl. The topological polar surface area (TPSA) is 106 Å². The number of ketones is 1. The molecule has 0 bridgehead atoms. The van der Waals surface area contributed by atoms with Gasteiger partial charge in [-0.05, 0) is 48.0 Å². The molecule has 3 aromatic rings. The number of aromatic hydroxyl groups is 1. The zero-order valence-electron chi connectivity index (χ0n) is 20.0. The minimum atomic E-state index is -4.93. The maximum Gasteiger partial charge on any atom is 0.573 e. The second-order valence-electron chi connectivity index (χ2n) is 8.09. The Hall–Kier alpha value is -4.09. The number of nitrogens with zero attached hydrogens (tertiary/aromatic N) is 1. The van der Waals surface area contributed by atoms with E-state index < -0.39 is 41.2 Å². The summed E-state index contributed by atoms with van der Waals surface area (Å²) >= 11 is 12.6. The first-order valence-electron chi connectivity index (χ1n) is 10.9. The minimum Gasteiger partial charge on any atom is -0.508 e. The maximum absolute atomic E-state index is 13.3. The van der Waals surface area contributed by atoms with Crippen LogP contribution in [0.1, 0.15) is 17.2 Å². The van der Waals surface area contributed by atoms with E-state index in [1.54, 1.807) is 0 Å². The summed E-state index contributed by atoms with van der Waals surface area (Å²) < 4.78 is 52.2. The summed E-state index contributed by atoms with van der Waals surface area (Å²) in [6.45, 7) is 0. The number of phenolic OH excluding ortho intramolecular Hbond substituents is 1. The molecule has 0 aliphatic carbocycles. The molecule has 0 spiro atoms. The Balaban J connectivity index is 1.93. The van der Waals surface area contributed by atoms with Gasteiger partial charge in [-0.15, -0.1) is 13.2 Å². The fourth-order valence-corrected chi connectivity index (χ4v) is 4.86. The molecule has 8 nitrogen and oxygen atoms in total. The van der Waals surface area contributed by atoms with Crippen LogP contribution in [0.5, 0.6) is 23.0 Å². The smallest absolute Gasteiger partial charge is 0.508 e. The number of rotatable bonds is 6. The number of hydrogen-bond donors (Lipinski definition) is 2. The summed E-state index contributed by atoms with van der Waals surface area (Å²) in [5, 5.41) is 21.0. The van der Waals surface area contributed by atoms with E-state index in [2.05, 4.69) is 4.74 Å². The van der Waals surface area contributed by atoms with E-state index in [9.17, 15) is 33.0 Å². The van der Waals surface area contributed by atoms with Gasteiger partial charge in [0.05, 0.1) is 36.4 Å². The van der Waals surface area contributed by atoms with Gasteiger partial charge >= 0.3 is 6.36 Å². The Morgan fingerprint density at radius 3 is 2.08 bits per heavy atom. The Bertz CT molecular complexity index is 1470. The highest BCUT2D eigenvalue weighted by molar-refractivity contribution is 6.52. The zero-order valence-corrected chi connectivity index (χ0v) is 21.6. The molecule has 2 N–H and O–H groups in total. The Morgan fingerprint density at radius 1 is 0.949 bits per heavy atom. The van der Waals surface area contributed by atoms with Gasteiger partial charge in [-0.2, -0.15) is 0 Å². The molecule has 13 heteroatoms. The van der Waals surface area contributed by atoms with Gasteiger partial charge in [-0.3, -0.25) is 14.5 Å². The van der Waals surface area contributed by atoms with Crippen LogP contribution in [0, 0.1) is 0 Å². The van der Waals surface area contributed by atoms with Gasteiger partial charge in [0.1, 0.15) is 22.3 Å². The molecule has 1 fully saturated rings. The summed E-state index contributed by atoms with van der Waals surface area (Å²) in [4.78, 5) is 27.6. The van der Waals surface area contributed by atoms with E-state index in [4.69, 9.17) is 32.7 Å². The predicted molar refractivity (Wildman–Crippen MR) is 136 cm³/mol. The third kappa shape index (κ3) is 5.27. The fraction of sp³-hybridized carbons (Fsp3) is 0.154. The molecule has 0 radical (unpaired) electrons. The summed E-state index contributed by atoms with van der Waals surface area (Å²) in [6.07, 6.45) is -4.93. The fourth-order valence-electron chi connectivity index (χ4n) is 4.17. The molecule has 0 aromatic heterocycles. The average molecular weight is 584 g/mol. The summed E-state index contributed by atoms with van der Waals surface area (Å²) in [5.41, 5.74) is -0.198. The monoisotopic (exact) mass is 583 g/mol. The van der Waals surface area contributed by atoms with Gasteiger partial charge in [0.2, 0.25) is 0 Å². The van der Waals surface area contributed by atoms with E-state index in [0.717, 1.165) is 29.2 Å². The number of benzene rings is 3. The normalized spacial score (nSPS) is 16.9. The van der Waals surface area contributed by atoms with Crippen LogP contribution < -0.4 is 19.1 Å². The van der Waals surface area contributed by atoms with Gasteiger partial charge in [0.25, 0.3) is 11.7 Å². The Labute approximate surface area is 229 Å². The summed E-state index contributed by atoms with van der Waals surface area (Å²) in [6, 6.07) is 9.66. The predicted octanol–water partition coefficient (Wildman–Crippen LogP) is 6.24. The summed E-state index contributed by atoms with van der Waals surface area (Å²) in [7, 11) is 2.57. The highest BCUT2D eigenvalue weighted by Crippen LogP contribution is 2.48. The molecule has 204 valence electrons. The molecule has 1 atom stereocenters. The molecule has 1 unspecified atom stereocenters. The third-order valence-corrected chi connectivity index (χ3v) is 6.42. The van der Waals surface area contributed by atoms with E-state index in [0.29, 0.717) is 0 Å². The van der Waals surface area contributed by atoms with Crippen molar-refractivity contribution in [3.63, 3.8) is 0 Å². The number of alkyl halides is 3. The highest BCUT2D eigenvalue weighted by atomic mass is 35.5. The second-order valence-corrected chi connectivity index (χ2v) is 8.87. The van der Waals surface area contributed by atoms with Crippen LogP contribution in [0.3, 0.4) is 0 Å². The van der Waals surface area contributed by atoms with E-state index in [1.165, 1.54) is 44.6 Å². The number of Topliss-reactive ketones (excluding diaryl/α,β-unsaturated/α-hetero) is 1.